The van der Waals surface area contributed by atoms with E-state index in [9.17, 15) is 9.59 Å². The molecule has 0 fully saturated rings. The lowest BCUT2D eigenvalue weighted by molar-refractivity contribution is 0.0694. The van der Waals surface area contributed by atoms with Crippen molar-refractivity contribution in [1.82, 2.24) is 14.2 Å². The van der Waals surface area contributed by atoms with E-state index in [-0.39, 0.29) is 5.56 Å². The Morgan fingerprint density at radius 3 is 2.93 bits per heavy atom. The lowest BCUT2D eigenvalue weighted by Gasteiger charge is -1.99. The molecule has 2 aromatic rings. The minimum absolute atomic E-state index is 0.329. The summed E-state index contributed by atoms with van der Waals surface area (Å²) in [6.45, 7) is 0. The highest BCUT2D eigenvalue weighted by Crippen LogP contribution is 1.97. The maximum Gasteiger partial charge on any atom is 0.343 e. The molecule has 0 bridgehead atoms. The molecule has 2 aromatic heterocycles. The van der Waals surface area contributed by atoms with E-state index in [1.807, 2.05) is 0 Å². The number of carboxylic acid groups (broad SMARTS) is 1. The molecule has 2 rings (SSSR count). The average Bonchev–Trinajstić information content (AvgIpc) is 2.48. The van der Waals surface area contributed by atoms with E-state index in [1.165, 1.54) is 9.20 Å². The number of hydrogen-bond acceptors (Lipinski definition) is 3. The second kappa shape index (κ2) is 2.69. The summed E-state index contributed by atoms with van der Waals surface area (Å²) < 4.78 is 2.68. The Bertz CT molecular complexity index is 567. The molecule has 0 unspecified atom stereocenters. The molecule has 0 saturated heterocycles. The predicted molar refractivity (Wildman–Crippen MR) is 47.4 cm³/mol. The highest BCUT2D eigenvalue weighted by atomic mass is 16.4. The molecule has 0 aromatic carbocycles. The number of carbonyl (C=O) groups is 1. The van der Waals surface area contributed by atoms with Crippen LogP contribution in [-0.2, 0) is 7.05 Å². The molecule has 0 aliphatic rings. The molecule has 6 heteroatoms. The summed E-state index contributed by atoms with van der Waals surface area (Å²) >= 11 is 0. The summed E-state index contributed by atoms with van der Waals surface area (Å²) in [6, 6.07) is 1.63. The lowest BCUT2D eigenvalue weighted by Crippen LogP contribution is -2.25. The molecule has 0 radical (unpaired) electrons. The molecular weight excluding hydrogens is 186 g/mol. The zero-order chi connectivity index (χ0) is 10.3. The smallest absolute Gasteiger partial charge is 0.343 e. The first-order valence-electron chi connectivity index (χ1n) is 3.88. The highest BCUT2D eigenvalue weighted by molar-refractivity contribution is 5.86. The first kappa shape index (κ1) is 8.49. The van der Waals surface area contributed by atoms with Crippen molar-refractivity contribution < 1.29 is 9.90 Å². The fourth-order valence-electron chi connectivity index (χ4n) is 1.27. The van der Waals surface area contributed by atoms with Crippen LogP contribution in [0.2, 0.25) is 0 Å². The second-order valence-electron chi connectivity index (χ2n) is 2.84. The van der Waals surface area contributed by atoms with E-state index >= 15 is 0 Å². The maximum atomic E-state index is 11.6. The van der Waals surface area contributed by atoms with Gasteiger partial charge in [0.1, 0.15) is 5.56 Å². The topological polar surface area (TPSA) is 76.6 Å². The van der Waals surface area contributed by atoms with Gasteiger partial charge in [-0.15, -0.1) is 0 Å². The van der Waals surface area contributed by atoms with Crippen molar-refractivity contribution in [2.45, 2.75) is 0 Å². The van der Waals surface area contributed by atoms with Gasteiger partial charge in [-0.3, -0.25) is 9.48 Å². The number of carboxylic acids is 1. The molecule has 0 amide bonds. The van der Waals surface area contributed by atoms with Gasteiger partial charge in [-0.2, -0.15) is 4.52 Å². The molecule has 2 heterocycles. The Kier molecular flexibility index (Phi) is 1.63. The summed E-state index contributed by atoms with van der Waals surface area (Å²) in [7, 11) is 1.64. The zero-order valence-corrected chi connectivity index (χ0v) is 7.34. The van der Waals surface area contributed by atoms with E-state index in [4.69, 9.17) is 5.11 Å². The molecule has 14 heavy (non-hydrogen) atoms. The molecule has 6 nitrogen and oxygen atoms in total. The monoisotopic (exact) mass is 193 g/mol. The van der Waals surface area contributed by atoms with Crippen molar-refractivity contribution >= 4 is 11.6 Å². The van der Waals surface area contributed by atoms with Crippen LogP contribution in [0, 0.1) is 0 Å². The predicted octanol–water partition coefficient (Wildman–Crippen LogP) is -0.269. The highest BCUT2D eigenvalue weighted by Gasteiger charge is 2.12. The van der Waals surface area contributed by atoms with Gasteiger partial charge in [0, 0.05) is 25.5 Å². The quantitative estimate of drug-likeness (QED) is 0.676. The van der Waals surface area contributed by atoms with Gasteiger partial charge in [-0.25, -0.2) is 9.78 Å². The van der Waals surface area contributed by atoms with Crippen molar-refractivity contribution in [2.75, 3.05) is 0 Å². The average molecular weight is 193 g/mol. The van der Waals surface area contributed by atoms with Crippen molar-refractivity contribution in [3.8, 4) is 0 Å². The molecule has 0 spiro atoms. The Balaban J connectivity index is 2.93. The fraction of sp³-hybridized carbons (Fsp3) is 0.125. The van der Waals surface area contributed by atoms with Gasteiger partial charge < -0.3 is 5.11 Å². The Hall–Kier alpha value is -2.11. The van der Waals surface area contributed by atoms with Crippen LogP contribution in [0.5, 0.6) is 0 Å². The number of hydrogen-bond donors (Lipinski definition) is 1. The minimum atomic E-state index is -1.27. The lowest BCUT2D eigenvalue weighted by atomic mass is 10.3. The van der Waals surface area contributed by atoms with Crippen molar-refractivity contribution in [3.63, 3.8) is 0 Å². The molecule has 0 aliphatic carbocycles. The largest absolute Gasteiger partial charge is 0.477 e. The van der Waals surface area contributed by atoms with Crippen LogP contribution in [0.25, 0.3) is 5.65 Å². The molecular formula is C8H7N3O3. The number of fused-ring (bicyclic) bond motifs is 1. The van der Waals surface area contributed by atoms with Crippen LogP contribution in [0.3, 0.4) is 0 Å². The van der Waals surface area contributed by atoms with Crippen molar-refractivity contribution in [2.24, 2.45) is 7.05 Å². The van der Waals surface area contributed by atoms with Crippen LogP contribution in [-0.4, -0.2) is 25.3 Å². The number of aryl methyl sites for hydroxylation is 1. The van der Waals surface area contributed by atoms with Gasteiger partial charge in [0.2, 0.25) is 0 Å². The second-order valence-corrected chi connectivity index (χ2v) is 2.84. The standard InChI is InChI=1S/C8H7N3O3/c1-10-3-2-6-9-4-5(8(13)14)7(12)11(6)10/h2-4H,1H3,(H,13,14). The summed E-state index contributed by atoms with van der Waals surface area (Å²) in [5, 5.41) is 8.69. The Morgan fingerprint density at radius 1 is 1.57 bits per heavy atom. The number of aromatic nitrogens is 3. The SMILES string of the molecule is Cn1ccc2ncc(C(=O)O)c(=O)n21. The minimum Gasteiger partial charge on any atom is -0.477 e. The number of aromatic carboxylic acids is 1. The van der Waals surface area contributed by atoms with E-state index < -0.39 is 11.5 Å². The molecule has 0 aliphatic heterocycles. The van der Waals surface area contributed by atoms with Crippen molar-refractivity contribution in [1.29, 1.82) is 0 Å². The molecule has 0 saturated carbocycles. The maximum absolute atomic E-state index is 11.6. The summed E-state index contributed by atoms with van der Waals surface area (Å²) in [4.78, 5) is 26.1. The number of nitrogens with zero attached hydrogens (tertiary/aromatic N) is 3. The van der Waals surface area contributed by atoms with Crippen LogP contribution < -0.4 is 5.56 Å². The van der Waals surface area contributed by atoms with Gasteiger partial charge >= 0.3 is 5.97 Å². The summed E-state index contributed by atoms with van der Waals surface area (Å²) in [5.74, 6) is -1.27. The van der Waals surface area contributed by atoms with Gasteiger partial charge in [-0.05, 0) is 0 Å². The molecule has 0 atom stereocenters. The third kappa shape index (κ3) is 1.00. The first-order chi connectivity index (χ1) is 6.61. The van der Waals surface area contributed by atoms with Crippen LogP contribution in [0.1, 0.15) is 10.4 Å². The van der Waals surface area contributed by atoms with E-state index in [2.05, 4.69) is 4.98 Å². The summed E-state index contributed by atoms with van der Waals surface area (Å²) in [5.41, 5.74) is -0.471. The zero-order valence-electron chi connectivity index (χ0n) is 7.34. The van der Waals surface area contributed by atoms with Crippen molar-refractivity contribution in [3.05, 3.63) is 34.4 Å². The van der Waals surface area contributed by atoms with Crippen LogP contribution in [0.15, 0.2) is 23.3 Å². The normalized spacial score (nSPS) is 10.6. The van der Waals surface area contributed by atoms with E-state index in [0.717, 1.165) is 6.20 Å². The van der Waals surface area contributed by atoms with E-state index in [0.29, 0.717) is 5.65 Å². The molecule has 1 N–H and O–H groups in total. The number of rotatable bonds is 1. The van der Waals surface area contributed by atoms with Gasteiger partial charge in [0.15, 0.2) is 5.65 Å². The first-order valence-corrected chi connectivity index (χ1v) is 3.88. The Labute approximate surface area is 78.0 Å². The third-order valence-electron chi connectivity index (χ3n) is 1.95. The third-order valence-corrected chi connectivity index (χ3v) is 1.95. The van der Waals surface area contributed by atoms with E-state index in [1.54, 1.807) is 19.3 Å². The fourth-order valence-corrected chi connectivity index (χ4v) is 1.27. The Morgan fingerprint density at radius 2 is 2.29 bits per heavy atom. The summed E-state index contributed by atoms with van der Waals surface area (Å²) in [6.07, 6.45) is 2.70. The van der Waals surface area contributed by atoms with Crippen LogP contribution in [0.4, 0.5) is 0 Å². The van der Waals surface area contributed by atoms with Gasteiger partial charge in [-0.1, -0.05) is 0 Å². The van der Waals surface area contributed by atoms with Gasteiger partial charge in [0.25, 0.3) is 5.56 Å². The van der Waals surface area contributed by atoms with Gasteiger partial charge in [0.05, 0.1) is 0 Å². The molecule has 72 valence electrons. The van der Waals surface area contributed by atoms with Crippen LogP contribution >= 0.6 is 0 Å².